The Hall–Kier alpha value is -1.60. The maximum atomic E-state index is 9.46. The summed E-state index contributed by atoms with van der Waals surface area (Å²) in [6.07, 6.45) is 5.64. The molecule has 2 atom stereocenters. The number of pyridine rings is 1. The quantitative estimate of drug-likeness (QED) is 0.892. The van der Waals surface area contributed by atoms with E-state index in [0.29, 0.717) is 18.5 Å². The van der Waals surface area contributed by atoms with Gasteiger partial charge in [-0.1, -0.05) is 6.92 Å². The zero-order valence-electron chi connectivity index (χ0n) is 12.1. The summed E-state index contributed by atoms with van der Waals surface area (Å²) in [6.45, 7) is 3.85. The highest BCUT2D eigenvalue weighted by molar-refractivity contribution is 5.57. The number of anilines is 1. The SMILES string of the molecule is CC1CCCN(c2nc3c(cc2C#N)CCC3)C1CN. The molecule has 4 nitrogen and oxygen atoms in total. The average molecular weight is 270 g/mol. The van der Waals surface area contributed by atoms with Gasteiger partial charge in [0.1, 0.15) is 11.9 Å². The number of nitrogens with zero attached hydrogens (tertiary/aromatic N) is 3. The number of rotatable bonds is 2. The van der Waals surface area contributed by atoms with Gasteiger partial charge in [0.2, 0.25) is 0 Å². The van der Waals surface area contributed by atoms with E-state index >= 15 is 0 Å². The lowest BCUT2D eigenvalue weighted by molar-refractivity contribution is 0.347. The van der Waals surface area contributed by atoms with Gasteiger partial charge in [-0.15, -0.1) is 0 Å². The third kappa shape index (κ3) is 2.16. The second-order valence-electron chi connectivity index (χ2n) is 6.05. The molecule has 2 heterocycles. The summed E-state index contributed by atoms with van der Waals surface area (Å²) in [6, 6.07) is 4.70. The Kier molecular flexibility index (Phi) is 3.62. The van der Waals surface area contributed by atoms with Crippen molar-refractivity contribution in [1.82, 2.24) is 4.98 Å². The van der Waals surface area contributed by atoms with Gasteiger partial charge in [-0.2, -0.15) is 5.26 Å². The fourth-order valence-electron chi connectivity index (χ4n) is 3.63. The van der Waals surface area contributed by atoms with E-state index in [4.69, 9.17) is 10.7 Å². The van der Waals surface area contributed by atoms with Crippen molar-refractivity contribution < 1.29 is 0 Å². The first-order chi connectivity index (χ1) is 9.74. The fourth-order valence-corrected chi connectivity index (χ4v) is 3.63. The molecule has 1 aromatic heterocycles. The third-order valence-corrected chi connectivity index (χ3v) is 4.78. The molecule has 2 unspecified atom stereocenters. The lowest BCUT2D eigenvalue weighted by atomic mass is 9.90. The van der Waals surface area contributed by atoms with Crippen LogP contribution >= 0.6 is 0 Å². The van der Waals surface area contributed by atoms with Crippen molar-refractivity contribution in [3.05, 3.63) is 22.9 Å². The van der Waals surface area contributed by atoms with Crippen LogP contribution in [-0.4, -0.2) is 24.1 Å². The summed E-state index contributed by atoms with van der Waals surface area (Å²) in [5.74, 6) is 1.44. The van der Waals surface area contributed by atoms with E-state index in [-0.39, 0.29) is 0 Å². The van der Waals surface area contributed by atoms with Crippen molar-refractivity contribution in [2.45, 2.75) is 45.1 Å². The predicted molar refractivity (Wildman–Crippen MR) is 79.6 cm³/mol. The Balaban J connectivity index is 2.02. The van der Waals surface area contributed by atoms with Gasteiger partial charge in [-0.25, -0.2) is 4.98 Å². The minimum Gasteiger partial charge on any atom is -0.351 e. The van der Waals surface area contributed by atoms with Crippen LogP contribution in [0.1, 0.15) is 43.0 Å². The number of nitriles is 1. The minimum atomic E-state index is 0.308. The molecule has 1 aliphatic heterocycles. The topological polar surface area (TPSA) is 65.9 Å². The monoisotopic (exact) mass is 270 g/mol. The summed E-state index contributed by atoms with van der Waals surface area (Å²) in [5.41, 5.74) is 9.15. The predicted octanol–water partition coefficient (Wildman–Crippen LogP) is 2.01. The Morgan fingerprint density at radius 1 is 1.45 bits per heavy atom. The third-order valence-electron chi connectivity index (χ3n) is 4.78. The molecule has 20 heavy (non-hydrogen) atoms. The molecule has 2 aliphatic rings. The van der Waals surface area contributed by atoms with Crippen LogP contribution in [0.5, 0.6) is 0 Å². The maximum absolute atomic E-state index is 9.46. The van der Waals surface area contributed by atoms with Crippen LogP contribution in [0.25, 0.3) is 0 Å². The van der Waals surface area contributed by atoms with E-state index in [1.807, 2.05) is 0 Å². The number of aromatic nitrogens is 1. The lowest BCUT2D eigenvalue weighted by Crippen LogP contribution is -2.49. The highest BCUT2D eigenvalue weighted by Crippen LogP contribution is 2.32. The van der Waals surface area contributed by atoms with Gasteiger partial charge in [0.15, 0.2) is 0 Å². The number of piperidine rings is 1. The Morgan fingerprint density at radius 3 is 3.05 bits per heavy atom. The zero-order chi connectivity index (χ0) is 14.1. The molecule has 0 radical (unpaired) electrons. The molecule has 0 saturated carbocycles. The molecule has 0 bridgehead atoms. The number of nitrogens with two attached hydrogens (primary N) is 1. The van der Waals surface area contributed by atoms with E-state index in [0.717, 1.165) is 43.6 Å². The minimum absolute atomic E-state index is 0.308. The van der Waals surface area contributed by atoms with E-state index in [1.165, 1.54) is 17.7 Å². The zero-order valence-corrected chi connectivity index (χ0v) is 12.1. The largest absolute Gasteiger partial charge is 0.351 e. The van der Waals surface area contributed by atoms with Crippen LogP contribution in [-0.2, 0) is 12.8 Å². The molecule has 4 heteroatoms. The molecule has 106 valence electrons. The van der Waals surface area contributed by atoms with Gasteiger partial charge in [0, 0.05) is 24.8 Å². The first kappa shape index (κ1) is 13.4. The standard InChI is InChI=1S/C16H22N4/c1-11-4-3-7-20(15(11)10-18)16-13(9-17)8-12-5-2-6-14(12)19-16/h8,11,15H,2-7,10,18H2,1H3. The van der Waals surface area contributed by atoms with Crippen molar-refractivity contribution in [3.8, 4) is 6.07 Å². The summed E-state index contributed by atoms with van der Waals surface area (Å²) in [5, 5.41) is 9.46. The molecular weight excluding hydrogens is 248 g/mol. The van der Waals surface area contributed by atoms with E-state index in [9.17, 15) is 5.26 Å². The van der Waals surface area contributed by atoms with Crippen molar-refractivity contribution in [2.75, 3.05) is 18.0 Å². The molecule has 1 fully saturated rings. The van der Waals surface area contributed by atoms with Crippen LogP contribution in [0.4, 0.5) is 5.82 Å². The number of aryl methyl sites for hydroxylation is 2. The number of fused-ring (bicyclic) bond motifs is 1. The van der Waals surface area contributed by atoms with Crippen LogP contribution in [0, 0.1) is 17.2 Å². The second-order valence-corrected chi connectivity index (χ2v) is 6.05. The molecule has 3 rings (SSSR count). The smallest absolute Gasteiger partial charge is 0.147 e. The maximum Gasteiger partial charge on any atom is 0.147 e. The van der Waals surface area contributed by atoms with Crippen molar-refractivity contribution in [2.24, 2.45) is 11.7 Å². The fraction of sp³-hybridized carbons (Fsp3) is 0.625. The normalized spacial score (nSPS) is 25.4. The molecule has 1 aromatic rings. The Labute approximate surface area is 120 Å². The van der Waals surface area contributed by atoms with E-state index in [1.54, 1.807) is 0 Å². The summed E-state index contributed by atoms with van der Waals surface area (Å²) < 4.78 is 0. The average Bonchev–Trinajstić information content (AvgIpc) is 2.92. The molecule has 0 spiro atoms. The van der Waals surface area contributed by atoms with Crippen LogP contribution < -0.4 is 10.6 Å². The van der Waals surface area contributed by atoms with Gasteiger partial charge < -0.3 is 10.6 Å². The lowest BCUT2D eigenvalue weighted by Gasteiger charge is -2.40. The number of hydrogen-bond donors (Lipinski definition) is 1. The van der Waals surface area contributed by atoms with Gasteiger partial charge in [0.25, 0.3) is 0 Å². The first-order valence-electron chi connectivity index (χ1n) is 7.64. The van der Waals surface area contributed by atoms with E-state index < -0.39 is 0 Å². The molecular formula is C16H22N4. The summed E-state index contributed by atoms with van der Waals surface area (Å²) in [4.78, 5) is 7.11. The van der Waals surface area contributed by atoms with Crippen molar-refractivity contribution >= 4 is 5.82 Å². The van der Waals surface area contributed by atoms with Gasteiger partial charge in [-0.05, 0) is 49.7 Å². The Morgan fingerprint density at radius 2 is 2.30 bits per heavy atom. The van der Waals surface area contributed by atoms with Crippen molar-refractivity contribution in [3.63, 3.8) is 0 Å². The van der Waals surface area contributed by atoms with Crippen LogP contribution in [0.3, 0.4) is 0 Å². The summed E-state index contributed by atoms with van der Waals surface area (Å²) in [7, 11) is 0. The first-order valence-corrected chi connectivity index (χ1v) is 7.64. The molecule has 0 aromatic carbocycles. The molecule has 2 N–H and O–H groups in total. The molecule has 0 amide bonds. The summed E-state index contributed by atoms with van der Waals surface area (Å²) >= 11 is 0. The molecule has 1 aliphatic carbocycles. The molecule has 1 saturated heterocycles. The van der Waals surface area contributed by atoms with E-state index in [2.05, 4.69) is 24.0 Å². The van der Waals surface area contributed by atoms with Crippen LogP contribution in [0.15, 0.2) is 6.07 Å². The van der Waals surface area contributed by atoms with Gasteiger partial charge in [-0.3, -0.25) is 0 Å². The Bertz CT molecular complexity index is 546. The van der Waals surface area contributed by atoms with Crippen LogP contribution in [0.2, 0.25) is 0 Å². The highest BCUT2D eigenvalue weighted by Gasteiger charge is 2.30. The van der Waals surface area contributed by atoms with Gasteiger partial charge in [0.05, 0.1) is 5.56 Å². The van der Waals surface area contributed by atoms with Crippen molar-refractivity contribution in [1.29, 1.82) is 5.26 Å². The number of hydrogen-bond acceptors (Lipinski definition) is 4. The second kappa shape index (κ2) is 5.41. The van der Waals surface area contributed by atoms with Gasteiger partial charge >= 0.3 is 0 Å². The highest BCUT2D eigenvalue weighted by atomic mass is 15.2.